The first-order valence-electron chi connectivity index (χ1n) is 8.31. The van der Waals surface area contributed by atoms with Crippen LogP contribution in [0.3, 0.4) is 0 Å². The number of ether oxygens (including phenoxy) is 2. The molecule has 0 saturated carbocycles. The average Bonchev–Trinajstić information content (AvgIpc) is 3.20. The summed E-state index contributed by atoms with van der Waals surface area (Å²) in [5.41, 5.74) is 1.44. The van der Waals surface area contributed by atoms with Crippen LogP contribution in [0, 0.1) is 5.82 Å². The topological polar surface area (TPSA) is 76.2 Å². The number of nitrogens with zero attached hydrogens (tertiary/aromatic N) is 1. The molecule has 7 heteroatoms. The first-order valence-corrected chi connectivity index (χ1v) is 8.31. The van der Waals surface area contributed by atoms with Crippen LogP contribution in [-0.2, 0) is 20.7 Å². The molecule has 2 N–H and O–H groups in total. The molecule has 0 bridgehead atoms. The van der Waals surface area contributed by atoms with Crippen molar-refractivity contribution in [3.8, 4) is 0 Å². The summed E-state index contributed by atoms with van der Waals surface area (Å²) >= 11 is 0. The minimum Gasteiger partial charge on any atom is -0.376 e. The van der Waals surface area contributed by atoms with Gasteiger partial charge in [-0.3, -0.25) is 4.79 Å². The SMILES string of the molecule is O=C(COC[C@@H]1CCCO1)NCCCc1nc2ccc(F)cc2[nH]1. The maximum absolute atomic E-state index is 13.1. The number of hydrogen-bond donors (Lipinski definition) is 2. The molecule has 0 aliphatic carbocycles. The van der Waals surface area contributed by atoms with E-state index >= 15 is 0 Å². The van der Waals surface area contributed by atoms with E-state index in [1.54, 1.807) is 6.07 Å². The number of aromatic nitrogens is 2. The van der Waals surface area contributed by atoms with Crippen LogP contribution in [-0.4, -0.2) is 48.3 Å². The Morgan fingerprint density at radius 1 is 1.50 bits per heavy atom. The summed E-state index contributed by atoms with van der Waals surface area (Å²) < 4.78 is 23.9. The number of benzene rings is 1. The second-order valence-corrected chi connectivity index (χ2v) is 5.95. The van der Waals surface area contributed by atoms with Gasteiger partial charge in [0.05, 0.1) is 23.7 Å². The fourth-order valence-corrected chi connectivity index (χ4v) is 2.75. The van der Waals surface area contributed by atoms with Crippen molar-refractivity contribution in [2.24, 2.45) is 0 Å². The van der Waals surface area contributed by atoms with Crippen LogP contribution in [0.5, 0.6) is 0 Å². The summed E-state index contributed by atoms with van der Waals surface area (Å²) in [6.07, 6.45) is 3.64. The van der Waals surface area contributed by atoms with E-state index in [4.69, 9.17) is 9.47 Å². The number of rotatable bonds is 8. The van der Waals surface area contributed by atoms with Crippen LogP contribution >= 0.6 is 0 Å². The number of aromatic amines is 1. The highest BCUT2D eigenvalue weighted by atomic mass is 19.1. The molecule has 0 radical (unpaired) electrons. The largest absolute Gasteiger partial charge is 0.376 e. The highest BCUT2D eigenvalue weighted by Crippen LogP contribution is 2.13. The lowest BCUT2D eigenvalue weighted by Crippen LogP contribution is -2.30. The van der Waals surface area contributed by atoms with Gasteiger partial charge < -0.3 is 19.8 Å². The van der Waals surface area contributed by atoms with Crippen LogP contribution in [0.1, 0.15) is 25.1 Å². The zero-order valence-electron chi connectivity index (χ0n) is 13.5. The molecule has 1 aromatic carbocycles. The number of carbonyl (C=O) groups excluding carboxylic acids is 1. The summed E-state index contributed by atoms with van der Waals surface area (Å²) in [4.78, 5) is 19.1. The molecule has 0 unspecified atom stereocenters. The number of imidazole rings is 1. The Kier molecular flexibility index (Phi) is 5.77. The molecular formula is C17H22FN3O3. The second-order valence-electron chi connectivity index (χ2n) is 5.95. The molecule has 6 nitrogen and oxygen atoms in total. The molecule has 24 heavy (non-hydrogen) atoms. The maximum Gasteiger partial charge on any atom is 0.245 e. The number of hydrogen-bond acceptors (Lipinski definition) is 4. The lowest BCUT2D eigenvalue weighted by molar-refractivity contribution is -0.126. The van der Waals surface area contributed by atoms with Gasteiger partial charge in [0.1, 0.15) is 18.2 Å². The van der Waals surface area contributed by atoms with E-state index in [1.807, 2.05) is 0 Å². The Labute approximate surface area is 139 Å². The van der Waals surface area contributed by atoms with E-state index in [-0.39, 0.29) is 24.4 Å². The highest BCUT2D eigenvalue weighted by molar-refractivity contribution is 5.77. The van der Waals surface area contributed by atoms with Crippen LogP contribution in [0.15, 0.2) is 18.2 Å². The number of fused-ring (bicyclic) bond motifs is 1. The molecule has 1 fully saturated rings. The number of carbonyl (C=O) groups is 1. The number of nitrogens with one attached hydrogen (secondary N) is 2. The van der Waals surface area contributed by atoms with Gasteiger partial charge in [0.15, 0.2) is 0 Å². The summed E-state index contributed by atoms with van der Waals surface area (Å²) in [5, 5.41) is 2.81. The van der Waals surface area contributed by atoms with Crippen molar-refractivity contribution < 1.29 is 18.7 Å². The van der Waals surface area contributed by atoms with Crippen molar-refractivity contribution in [3.63, 3.8) is 0 Å². The number of H-pyrrole nitrogens is 1. The van der Waals surface area contributed by atoms with Gasteiger partial charge in [-0.1, -0.05) is 0 Å². The normalized spacial score (nSPS) is 17.5. The first kappa shape index (κ1) is 16.9. The minimum absolute atomic E-state index is 0.0593. The van der Waals surface area contributed by atoms with Gasteiger partial charge in [-0.25, -0.2) is 9.37 Å². The van der Waals surface area contributed by atoms with Crippen molar-refractivity contribution in [2.75, 3.05) is 26.4 Å². The Hall–Kier alpha value is -1.99. The Balaban J connectivity index is 1.31. The zero-order chi connectivity index (χ0) is 16.8. The molecule has 1 atom stereocenters. The second kappa shape index (κ2) is 8.21. The first-order chi connectivity index (χ1) is 11.7. The van der Waals surface area contributed by atoms with Crippen molar-refractivity contribution in [1.82, 2.24) is 15.3 Å². The lowest BCUT2D eigenvalue weighted by atomic mass is 10.2. The zero-order valence-corrected chi connectivity index (χ0v) is 13.5. The fraction of sp³-hybridized carbons (Fsp3) is 0.529. The van der Waals surface area contributed by atoms with E-state index in [1.165, 1.54) is 12.1 Å². The van der Waals surface area contributed by atoms with Crippen LogP contribution in [0.4, 0.5) is 4.39 Å². The van der Waals surface area contributed by atoms with Crippen molar-refractivity contribution in [2.45, 2.75) is 31.8 Å². The predicted molar refractivity (Wildman–Crippen MR) is 87.2 cm³/mol. The monoisotopic (exact) mass is 335 g/mol. The summed E-state index contributed by atoms with van der Waals surface area (Å²) in [6, 6.07) is 4.47. The third kappa shape index (κ3) is 4.75. The number of amides is 1. The van der Waals surface area contributed by atoms with Gasteiger partial charge >= 0.3 is 0 Å². The summed E-state index contributed by atoms with van der Waals surface area (Å²) in [5.74, 6) is 0.382. The molecule has 1 aliphatic heterocycles. The molecule has 1 aliphatic rings. The highest BCUT2D eigenvalue weighted by Gasteiger charge is 2.15. The standard InChI is InChI=1S/C17H22FN3O3/c18-12-5-6-14-15(9-12)21-16(20-14)4-1-7-19-17(22)11-23-10-13-3-2-8-24-13/h5-6,9,13H,1-4,7-8,10-11H2,(H,19,22)(H,20,21)/t13-/m0/s1. The van der Waals surface area contributed by atoms with Gasteiger partial charge in [0.25, 0.3) is 0 Å². The van der Waals surface area contributed by atoms with Gasteiger partial charge in [-0.15, -0.1) is 0 Å². The van der Waals surface area contributed by atoms with E-state index in [2.05, 4.69) is 15.3 Å². The molecule has 1 saturated heterocycles. The average molecular weight is 335 g/mol. The smallest absolute Gasteiger partial charge is 0.245 e. The Bertz CT molecular complexity index is 683. The van der Waals surface area contributed by atoms with Crippen LogP contribution < -0.4 is 5.32 Å². The minimum atomic E-state index is -0.284. The molecule has 130 valence electrons. The van der Waals surface area contributed by atoms with Crippen molar-refractivity contribution in [1.29, 1.82) is 0 Å². The van der Waals surface area contributed by atoms with Crippen LogP contribution in [0.25, 0.3) is 11.0 Å². The molecule has 1 amide bonds. The molecule has 0 spiro atoms. The third-order valence-corrected chi connectivity index (χ3v) is 3.97. The van der Waals surface area contributed by atoms with Crippen molar-refractivity contribution in [3.05, 3.63) is 29.8 Å². The third-order valence-electron chi connectivity index (χ3n) is 3.97. The quantitative estimate of drug-likeness (QED) is 0.723. The van der Waals surface area contributed by atoms with Crippen LogP contribution in [0.2, 0.25) is 0 Å². The Morgan fingerprint density at radius 2 is 2.42 bits per heavy atom. The van der Waals surface area contributed by atoms with E-state index in [9.17, 15) is 9.18 Å². The number of aryl methyl sites for hydroxylation is 1. The lowest BCUT2D eigenvalue weighted by Gasteiger charge is -2.10. The molecule has 2 aromatic rings. The van der Waals surface area contributed by atoms with Gasteiger partial charge in [-0.2, -0.15) is 0 Å². The molecular weight excluding hydrogens is 313 g/mol. The summed E-state index contributed by atoms with van der Waals surface area (Å²) in [6.45, 7) is 1.87. The molecule has 2 heterocycles. The Morgan fingerprint density at radius 3 is 3.25 bits per heavy atom. The summed E-state index contributed by atoms with van der Waals surface area (Å²) in [7, 11) is 0. The van der Waals surface area contributed by atoms with Gasteiger partial charge in [-0.05, 0) is 37.5 Å². The maximum atomic E-state index is 13.1. The van der Waals surface area contributed by atoms with E-state index in [0.717, 1.165) is 37.2 Å². The molecule has 1 aromatic heterocycles. The van der Waals surface area contributed by atoms with E-state index in [0.29, 0.717) is 25.1 Å². The van der Waals surface area contributed by atoms with Gasteiger partial charge in [0, 0.05) is 19.6 Å². The van der Waals surface area contributed by atoms with Gasteiger partial charge in [0.2, 0.25) is 5.91 Å². The van der Waals surface area contributed by atoms with E-state index < -0.39 is 0 Å². The predicted octanol–water partition coefficient (Wildman–Crippen LogP) is 1.95. The number of halogens is 1. The fourth-order valence-electron chi connectivity index (χ4n) is 2.75. The van der Waals surface area contributed by atoms with Crippen molar-refractivity contribution >= 4 is 16.9 Å². The molecule has 3 rings (SSSR count).